The maximum Gasteiger partial charge on any atom is 0.191 e. The Balaban J connectivity index is 2.30. The number of benzene rings is 2. The molecule has 0 amide bonds. The average molecular weight is 327 g/mol. The quantitative estimate of drug-likeness (QED) is 0.592. The van der Waals surface area contributed by atoms with Gasteiger partial charge in [0.05, 0.1) is 5.56 Å². The van der Waals surface area contributed by atoms with Gasteiger partial charge in [0.2, 0.25) is 0 Å². The Hall–Kier alpha value is -2.95. The highest BCUT2D eigenvalue weighted by Crippen LogP contribution is 2.27. The van der Waals surface area contributed by atoms with E-state index in [1.54, 1.807) is 49.5 Å². The Morgan fingerprint density at radius 1 is 1.08 bits per heavy atom. The molecular formula is C19H18FNO3. The zero-order valence-electron chi connectivity index (χ0n) is 13.7. The fourth-order valence-corrected chi connectivity index (χ4v) is 1.98. The van der Waals surface area contributed by atoms with Crippen LogP contribution in [0.2, 0.25) is 0 Å². The van der Waals surface area contributed by atoms with Gasteiger partial charge in [0, 0.05) is 38.0 Å². The largest absolute Gasteiger partial charge is 0.456 e. The molecule has 2 aromatic carbocycles. The molecule has 2 aromatic rings. The third-order valence-electron chi connectivity index (χ3n) is 3.22. The molecule has 0 N–H and O–H groups in total. The molecule has 0 unspecified atom stereocenters. The van der Waals surface area contributed by atoms with Crippen molar-refractivity contribution in [3.63, 3.8) is 0 Å². The number of ether oxygens (including phenoxy) is 1. The van der Waals surface area contributed by atoms with Gasteiger partial charge in [-0.1, -0.05) is 0 Å². The van der Waals surface area contributed by atoms with Crippen molar-refractivity contribution in [1.29, 1.82) is 0 Å². The van der Waals surface area contributed by atoms with Gasteiger partial charge in [-0.05, 0) is 43.3 Å². The van der Waals surface area contributed by atoms with E-state index in [9.17, 15) is 14.0 Å². The molecule has 24 heavy (non-hydrogen) atoms. The van der Waals surface area contributed by atoms with E-state index < -0.39 is 5.82 Å². The van der Waals surface area contributed by atoms with Gasteiger partial charge in [-0.3, -0.25) is 9.59 Å². The first-order chi connectivity index (χ1) is 11.4. The van der Waals surface area contributed by atoms with Crippen LogP contribution < -0.4 is 4.74 Å². The van der Waals surface area contributed by atoms with Crippen molar-refractivity contribution in [2.75, 3.05) is 14.1 Å². The number of rotatable bonds is 6. The lowest BCUT2D eigenvalue weighted by Crippen LogP contribution is -2.04. The second-order valence-electron chi connectivity index (χ2n) is 5.47. The van der Waals surface area contributed by atoms with E-state index in [1.165, 1.54) is 25.1 Å². The Labute approximate surface area is 140 Å². The van der Waals surface area contributed by atoms with Crippen LogP contribution in [0.25, 0.3) is 0 Å². The molecule has 4 nitrogen and oxygen atoms in total. The molecule has 0 aliphatic heterocycles. The van der Waals surface area contributed by atoms with Crippen LogP contribution in [0.5, 0.6) is 11.5 Å². The Morgan fingerprint density at radius 2 is 1.75 bits per heavy atom. The summed E-state index contributed by atoms with van der Waals surface area (Å²) >= 11 is 0. The van der Waals surface area contributed by atoms with Crippen molar-refractivity contribution in [2.24, 2.45) is 0 Å². The molecule has 0 heterocycles. The fourth-order valence-electron chi connectivity index (χ4n) is 1.98. The molecular weight excluding hydrogens is 309 g/mol. The van der Waals surface area contributed by atoms with Gasteiger partial charge in [-0.15, -0.1) is 0 Å². The van der Waals surface area contributed by atoms with Crippen molar-refractivity contribution in [2.45, 2.75) is 6.92 Å². The first-order valence-corrected chi connectivity index (χ1v) is 7.34. The summed E-state index contributed by atoms with van der Waals surface area (Å²) in [5, 5.41) is 0. The van der Waals surface area contributed by atoms with Gasteiger partial charge < -0.3 is 9.64 Å². The third-order valence-corrected chi connectivity index (χ3v) is 3.22. The van der Waals surface area contributed by atoms with Crippen molar-refractivity contribution in [3.05, 3.63) is 71.7 Å². The van der Waals surface area contributed by atoms with Crippen molar-refractivity contribution < 1.29 is 18.7 Å². The van der Waals surface area contributed by atoms with Crippen LogP contribution in [0.1, 0.15) is 27.6 Å². The molecule has 0 aromatic heterocycles. The monoisotopic (exact) mass is 327 g/mol. The van der Waals surface area contributed by atoms with Crippen LogP contribution in [0, 0.1) is 5.82 Å². The van der Waals surface area contributed by atoms with Crippen molar-refractivity contribution >= 4 is 11.6 Å². The summed E-state index contributed by atoms with van der Waals surface area (Å²) in [6.45, 7) is 1.47. The van der Waals surface area contributed by atoms with E-state index in [0.29, 0.717) is 11.3 Å². The summed E-state index contributed by atoms with van der Waals surface area (Å²) in [5.74, 6) is -0.315. The van der Waals surface area contributed by atoms with Gasteiger partial charge in [0.25, 0.3) is 0 Å². The second kappa shape index (κ2) is 7.55. The number of nitrogens with zero attached hydrogens (tertiary/aromatic N) is 1. The predicted molar refractivity (Wildman–Crippen MR) is 90.1 cm³/mol. The second-order valence-corrected chi connectivity index (χ2v) is 5.47. The van der Waals surface area contributed by atoms with Crippen molar-refractivity contribution in [1.82, 2.24) is 4.90 Å². The van der Waals surface area contributed by atoms with E-state index in [-0.39, 0.29) is 22.9 Å². The van der Waals surface area contributed by atoms with Crippen LogP contribution in [0.3, 0.4) is 0 Å². The number of hydrogen-bond acceptors (Lipinski definition) is 4. The van der Waals surface area contributed by atoms with E-state index in [1.807, 2.05) is 0 Å². The summed E-state index contributed by atoms with van der Waals surface area (Å²) in [6.07, 6.45) is 3.00. The van der Waals surface area contributed by atoms with Gasteiger partial charge in [0.15, 0.2) is 11.6 Å². The molecule has 0 radical (unpaired) electrons. The molecule has 0 spiro atoms. The lowest BCUT2D eigenvalue weighted by Gasteiger charge is -2.10. The molecule has 0 atom stereocenters. The Bertz CT molecular complexity index is 780. The maximum atomic E-state index is 13.5. The zero-order chi connectivity index (χ0) is 17.7. The van der Waals surface area contributed by atoms with Gasteiger partial charge in [-0.25, -0.2) is 4.39 Å². The zero-order valence-corrected chi connectivity index (χ0v) is 13.7. The Kier molecular flexibility index (Phi) is 5.47. The molecule has 0 fully saturated rings. The minimum absolute atomic E-state index is 0.0583. The first-order valence-electron chi connectivity index (χ1n) is 7.34. The summed E-state index contributed by atoms with van der Waals surface area (Å²) in [4.78, 5) is 25.3. The number of carbonyl (C=O) groups is 2. The minimum Gasteiger partial charge on any atom is -0.456 e. The van der Waals surface area contributed by atoms with Crippen LogP contribution in [0.4, 0.5) is 4.39 Å². The number of halogens is 1. The molecule has 0 saturated heterocycles. The van der Waals surface area contributed by atoms with Crippen LogP contribution in [0.15, 0.2) is 54.7 Å². The fraction of sp³-hybridized carbons (Fsp3) is 0.158. The van der Waals surface area contributed by atoms with Gasteiger partial charge in [0.1, 0.15) is 17.3 Å². The van der Waals surface area contributed by atoms with E-state index >= 15 is 0 Å². The number of Topliss-reactive ketones (excluding diaryl/α,β-unsaturated/α-hetero) is 1. The summed E-state index contributed by atoms with van der Waals surface area (Å²) in [6, 6.07) is 10.2. The first kappa shape index (κ1) is 17.4. The molecule has 0 saturated carbocycles. The number of carbonyl (C=O) groups excluding carboxylic acids is 2. The maximum absolute atomic E-state index is 13.5. The van der Waals surface area contributed by atoms with Crippen LogP contribution in [-0.2, 0) is 0 Å². The number of hydrogen-bond donors (Lipinski definition) is 0. The standard InChI is InChI=1S/C19H18FNO3/c1-13(22)14-4-7-16(8-5-14)24-19-12-15(20)6-9-17(19)18(23)10-11-21(2)3/h4-12H,1-3H3/b11-10+. The summed E-state index contributed by atoms with van der Waals surface area (Å²) in [7, 11) is 3.59. The SMILES string of the molecule is CC(=O)c1ccc(Oc2cc(F)ccc2C(=O)/C=C/N(C)C)cc1. The molecule has 0 aliphatic carbocycles. The summed E-state index contributed by atoms with van der Waals surface area (Å²) < 4.78 is 19.2. The van der Waals surface area contributed by atoms with Gasteiger partial charge >= 0.3 is 0 Å². The molecule has 2 rings (SSSR count). The smallest absolute Gasteiger partial charge is 0.191 e. The van der Waals surface area contributed by atoms with Gasteiger partial charge in [-0.2, -0.15) is 0 Å². The number of ketones is 2. The normalized spacial score (nSPS) is 10.7. The van der Waals surface area contributed by atoms with E-state index in [4.69, 9.17) is 4.74 Å². The van der Waals surface area contributed by atoms with Crippen LogP contribution >= 0.6 is 0 Å². The lowest BCUT2D eigenvalue weighted by atomic mass is 10.1. The topological polar surface area (TPSA) is 46.6 Å². The Morgan fingerprint density at radius 3 is 2.33 bits per heavy atom. The number of allylic oxidation sites excluding steroid dienone is 1. The molecule has 0 bridgehead atoms. The highest BCUT2D eigenvalue weighted by molar-refractivity contribution is 6.06. The minimum atomic E-state index is -0.501. The van der Waals surface area contributed by atoms with E-state index in [2.05, 4.69) is 0 Å². The predicted octanol–water partition coefficient (Wildman–Crippen LogP) is 4.08. The lowest BCUT2D eigenvalue weighted by molar-refractivity contribution is 0.101. The molecule has 124 valence electrons. The molecule has 0 aliphatic rings. The third kappa shape index (κ3) is 4.52. The van der Waals surface area contributed by atoms with Crippen molar-refractivity contribution in [3.8, 4) is 11.5 Å². The highest BCUT2D eigenvalue weighted by atomic mass is 19.1. The molecule has 5 heteroatoms. The van der Waals surface area contributed by atoms with Crippen LogP contribution in [-0.4, -0.2) is 30.6 Å². The van der Waals surface area contributed by atoms with E-state index in [0.717, 1.165) is 6.07 Å². The summed E-state index contributed by atoms with van der Waals surface area (Å²) in [5.41, 5.74) is 0.803. The highest BCUT2D eigenvalue weighted by Gasteiger charge is 2.13. The average Bonchev–Trinajstić information content (AvgIpc) is 2.53.